The van der Waals surface area contributed by atoms with Gasteiger partial charge < -0.3 is 4.57 Å². The van der Waals surface area contributed by atoms with Crippen LogP contribution < -0.4 is 11.2 Å². The molecule has 2 aliphatic carbocycles. The molecule has 4 nitrogen and oxygen atoms in total. The Morgan fingerprint density at radius 1 is 1.24 bits per heavy atom. The highest BCUT2D eigenvalue weighted by Gasteiger charge is 2.42. The topological polar surface area (TPSA) is 44.0 Å². The lowest BCUT2D eigenvalue weighted by molar-refractivity contribution is 0.589. The number of halogens is 1. The third-order valence-corrected chi connectivity index (χ3v) is 4.35. The van der Waals surface area contributed by atoms with Crippen LogP contribution in [0.15, 0.2) is 21.7 Å². The van der Waals surface area contributed by atoms with E-state index < -0.39 is 0 Å². The van der Waals surface area contributed by atoms with E-state index in [9.17, 15) is 9.59 Å². The van der Waals surface area contributed by atoms with Gasteiger partial charge in [0.2, 0.25) is 0 Å². The highest BCUT2D eigenvalue weighted by Crippen LogP contribution is 2.44. The molecule has 3 unspecified atom stereocenters. The largest absolute Gasteiger partial charge is 0.330 e. The van der Waals surface area contributed by atoms with Crippen molar-refractivity contribution in [2.24, 2.45) is 20.0 Å². The maximum atomic E-state index is 12.2. The van der Waals surface area contributed by atoms with Crippen molar-refractivity contribution in [3.63, 3.8) is 0 Å². The summed E-state index contributed by atoms with van der Waals surface area (Å²) in [4.78, 5) is 24.0. The van der Waals surface area contributed by atoms with Gasteiger partial charge in [-0.15, -0.1) is 11.6 Å². The van der Waals surface area contributed by atoms with Crippen LogP contribution in [0.3, 0.4) is 0 Å². The van der Waals surface area contributed by atoms with E-state index in [1.54, 1.807) is 11.6 Å². The van der Waals surface area contributed by atoms with Gasteiger partial charge in [0.25, 0.3) is 5.56 Å². The average molecular weight is 253 g/mol. The highest BCUT2D eigenvalue weighted by molar-refractivity contribution is 6.22. The molecule has 17 heavy (non-hydrogen) atoms. The van der Waals surface area contributed by atoms with Gasteiger partial charge in [0.05, 0.1) is 5.38 Å². The van der Waals surface area contributed by atoms with Crippen molar-refractivity contribution in [2.45, 2.75) is 17.7 Å². The standard InChI is InChI=1S/C12H13ClN2O2/c1-14-8-5-6-3-4-7(13)9(6)10(8)11(16)15(2)12(14)17/h3-4,6-7,9H,5H2,1-2H3. The molecule has 3 atom stereocenters. The Morgan fingerprint density at radius 2 is 1.94 bits per heavy atom. The molecular weight excluding hydrogens is 240 g/mol. The molecule has 1 aromatic heterocycles. The summed E-state index contributed by atoms with van der Waals surface area (Å²) < 4.78 is 2.75. The summed E-state index contributed by atoms with van der Waals surface area (Å²) in [5.74, 6) is 0.311. The van der Waals surface area contributed by atoms with E-state index in [2.05, 4.69) is 6.08 Å². The maximum absolute atomic E-state index is 12.2. The predicted molar refractivity (Wildman–Crippen MR) is 65.6 cm³/mol. The first-order valence-electron chi connectivity index (χ1n) is 5.63. The first-order valence-corrected chi connectivity index (χ1v) is 6.07. The first kappa shape index (κ1) is 10.8. The smallest absolute Gasteiger partial charge is 0.300 e. The Kier molecular flexibility index (Phi) is 2.14. The number of hydrogen-bond acceptors (Lipinski definition) is 2. The molecule has 3 rings (SSSR count). The monoisotopic (exact) mass is 252 g/mol. The van der Waals surface area contributed by atoms with Crippen LogP contribution in [-0.2, 0) is 20.5 Å². The van der Waals surface area contributed by atoms with Crippen LogP contribution in [0, 0.1) is 5.92 Å². The molecule has 0 radical (unpaired) electrons. The lowest BCUT2D eigenvalue weighted by atomic mass is 9.96. The Morgan fingerprint density at radius 3 is 2.65 bits per heavy atom. The molecule has 90 valence electrons. The van der Waals surface area contributed by atoms with Crippen molar-refractivity contribution in [2.75, 3.05) is 0 Å². The molecular formula is C12H13ClN2O2. The third kappa shape index (κ3) is 1.24. The fraction of sp³-hybridized carbons (Fsp3) is 0.500. The van der Waals surface area contributed by atoms with E-state index in [0.29, 0.717) is 0 Å². The van der Waals surface area contributed by atoms with Gasteiger partial charge in [0, 0.05) is 31.3 Å². The van der Waals surface area contributed by atoms with Gasteiger partial charge in [0.15, 0.2) is 0 Å². The highest BCUT2D eigenvalue weighted by atomic mass is 35.5. The van der Waals surface area contributed by atoms with Crippen molar-refractivity contribution in [3.8, 4) is 0 Å². The lowest BCUT2D eigenvalue weighted by Crippen LogP contribution is -2.40. The zero-order valence-corrected chi connectivity index (χ0v) is 10.4. The summed E-state index contributed by atoms with van der Waals surface area (Å²) in [5, 5.41) is -0.133. The van der Waals surface area contributed by atoms with Crippen molar-refractivity contribution < 1.29 is 0 Å². The lowest BCUT2D eigenvalue weighted by Gasteiger charge is -2.14. The second-order valence-electron chi connectivity index (χ2n) is 4.79. The van der Waals surface area contributed by atoms with Gasteiger partial charge >= 0.3 is 5.69 Å². The Bertz CT molecular complexity index is 641. The summed E-state index contributed by atoms with van der Waals surface area (Å²) in [7, 11) is 3.23. The SMILES string of the molecule is Cn1c2c(c(=O)n(C)c1=O)C1C(Cl)C=CC1C2. The molecule has 2 aliphatic rings. The number of allylic oxidation sites excluding steroid dienone is 2. The molecule has 0 amide bonds. The van der Waals surface area contributed by atoms with Gasteiger partial charge in [-0.1, -0.05) is 12.2 Å². The van der Waals surface area contributed by atoms with Gasteiger partial charge in [-0.25, -0.2) is 4.79 Å². The maximum Gasteiger partial charge on any atom is 0.330 e. The van der Waals surface area contributed by atoms with Crippen molar-refractivity contribution in [1.29, 1.82) is 0 Å². The number of hydrogen-bond donors (Lipinski definition) is 0. The average Bonchev–Trinajstić information content (AvgIpc) is 2.84. The fourth-order valence-corrected chi connectivity index (χ4v) is 3.41. The molecule has 0 aromatic carbocycles. The number of nitrogens with zero attached hydrogens (tertiary/aromatic N) is 2. The van der Waals surface area contributed by atoms with Gasteiger partial charge in [0.1, 0.15) is 0 Å². The Balaban J connectivity index is 2.34. The molecule has 1 aromatic rings. The van der Waals surface area contributed by atoms with E-state index in [1.807, 2.05) is 6.08 Å². The van der Waals surface area contributed by atoms with E-state index in [4.69, 9.17) is 11.6 Å². The Labute approximate surface area is 103 Å². The molecule has 0 spiro atoms. The number of alkyl halides is 1. The van der Waals surface area contributed by atoms with Crippen molar-refractivity contribution in [1.82, 2.24) is 9.13 Å². The van der Waals surface area contributed by atoms with Crippen LogP contribution in [0.5, 0.6) is 0 Å². The molecule has 0 aliphatic heterocycles. The fourth-order valence-electron chi connectivity index (χ4n) is 3.01. The molecule has 5 heteroatoms. The second-order valence-corrected chi connectivity index (χ2v) is 5.29. The van der Waals surface area contributed by atoms with Crippen LogP contribution in [0.1, 0.15) is 17.2 Å². The zero-order chi connectivity index (χ0) is 12.3. The van der Waals surface area contributed by atoms with E-state index in [1.165, 1.54) is 11.6 Å². The van der Waals surface area contributed by atoms with Crippen molar-refractivity contribution >= 4 is 11.6 Å². The molecule has 0 saturated heterocycles. The van der Waals surface area contributed by atoms with Crippen LogP contribution in [-0.4, -0.2) is 14.5 Å². The molecule has 0 fully saturated rings. The minimum Gasteiger partial charge on any atom is -0.300 e. The summed E-state index contributed by atoms with van der Waals surface area (Å²) >= 11 is 6.24. The van der Waals surface area contributed by atoms with Gasteiger partial charge in [-0.3, -0.25) is 9.36 Å². The second kappa shape index (κ2) is 3.35. The number of rotatable bonds is 0. The van der Waals surface area contributed by atoms with Gasteiger partial charge in [-0.05, 0) is 12.3 Å². The summed E-state index contributed by atoms with van der Waals surface area (Å²) in [6.07, 6.45) is 4.75. The van der Waals surface area contributed by atoms with E-state index >= 15 is 0 Å². The summed E-state index contributed by atoms with van der Waals surface area (Å²) in [6.45, 7) is 0. The first-order chi connectivity index (χ1) is 8.02. The van der Waals surface area contributed by atoms with Crippen LogP contribution in [0.2, 0.25) is 0 Å². The van der Waals surface area contributed by atoms with Crippen LogP contribution in [0.25, 0.3) is 0 Å². The van der Waals surface area contributed by atoms with Crippen LogP contribution in [0.4, 0.5) is 0 Å². The zero-order valence-electron chi connectivity index (χ0n) is 9.68. The Hall–Kier alpha value is -1.29. The molecule has 1 heterocycles. The summed E-state index contributed by atoms with van der Waals surface area (Å²) in [5.41, 5.74) is 1.13. The minimum absolute atomic E-state index is 0.0390. The normalized spacial score (nSPS) is 29.5. The number of aromatic nitrogens is 2. The number of fused-ring (bicyclic) bond motifs is 3. The van der Waals surface area contributed by atoms with E-state index in [0.717, 1.165) is 17.7 Å². The van der Waals surface area contributed by atoms with Crippen molar-refractivity contribution in [3.05, 3.63) is 44.2 Å². The predicted octanol–water partition coefficient (Wildman–Crippen LogP) is 0.517. The summed E-state index contributed by atoms with van der Waals surface area (Å²) in [6, 6.07) is 0. The third-order valence-electron chi connectivity index (χ3n) is 3.93. The van der Waals surface area contributed by atoms with Gasteiger partial charge in [-0.2, -0.15) is 0 Å². The molecule has 0 N–H and O–H groups in total. The molecule has 0 saturated carbocycles. The minimum atomic E-state index is -0.260. The molecule has 0 bridgehead atoms. The van der Waals surface area contributed by atoms with Crippen LogP contribution >= 0.6 is 11.6 Å². The quantitative estimate of drug-likeness (QED) is 0.499. The van der Waals surface area contributed by atoms with E-state index in [-0.39, 0.29) is 28.5 Å².